The van der Waals surface area contributed by atoms with E-state index in [0.717, 1.165) is 13.1 Å². The normalized spacial score (nSPS) is 12.6. The standard InChI is InChI=1S/C18H22ClN/c1-14(2)12-20-13-18(19)17-10-8-16(9-11-17)15-6-4-3-5-7-15/h3-11,14,18,20H,12-13H2,1-2H3. The minimum atomic E-state index is 0.0265. The minimum Gasteiger partial charge on any atom is -0.315 e. The number of nitrogens with one attached hydrogen (secondary N) is 1. The van der Waals surface area contributed by atoms with Gasteiger partial charge in [-0.15, -0.1) is 11.6 Å². The second-order valence-electron chi connectivity index (χ2n) is 5.51. The Hall–Kier alpha value is -1.31. The Bertz CT molecular complexity index is 505. The molecule has 0 radical (unpaired) electrons. The molecule has 0 fully saturated rings. The van der Waals surface area contributed by atoms with Crippen molar-refractivity contribution in [1.29, 1.82) is 0 Å². The lowest BCUT2D eigenvalue weighted by Crippen LogP contribution is -2.23. The van der Waals surface area contributed by atoms with Crippen LogP contribution in [0.15, 0.2) is 54.6 Å². The molecule has 1 nitrogen and oxygen atoms in total. The lowest BCUT2D eigenvalue weighted by molar-refractivity contribution is 0.550. The molecule has 0 aliphatic heterocycles. The summed E-state index contributed by atoms with van der Waals surface area (Å²) in [6, 6.07) is 18.9. The van der Waals surface area contributed by atoms with Gasteiger partial charge in [-0.3, -0.25) is 0 Å². The molecule has 0 saturated heterocycles. The average Bonchev–Trinajstić information content (AvgIpc) is 2.48. The summed E-state index contributed by atoms with van der Waals surface area (Å²) in [5.41, 5.74) is 3.64. The molecule has 20 heavy (non-hydrogen) atoms. The van der Waals surface area contributed by atoms with E-state index in [-0.39, 0.29) is 5.38 Å². The smallest absolute Gasteiger partial charge is 0.0709 e. The van der Waals surface area contributed by atoms with Crippen molar-refractivity contribution in [2.75, 3.05) is 13.1 Å². The van der Waals surface area contributed by atoms with Crippen molar-refractivity contribution in [2.45, 2.75) is 19.2 Å². The van der Waals surface area contributed by atoms with Crippen molar-refractivity contribution in [3.05, 3.63) is 60.2 Å². The summed E-state index contributed by atoms with van der Waals surface area (Å²) in [6.45, 7) is 6.21. The fraction of sp³-hybridized carbons (Fsp3) is 0.333. The van der Waals surface area contributed by atoms with Crippen molar-refractivity contribution >= 4 is 11.6 Å². The van der Waals surface area contributed by atoms with Crippen molar-refractivity contribution in [1.82, 2.24) is 5.32 Å². The highest BCUT2D eigenvalue weighted by atomic mass is 35.5. The Balaban J connectivity index is 1.97. The first-order chi connectivity index (χ1) is 9.66. The Morgan fingerprint density at radius 2 is 1.45 bits per heavy atom. The van der Waals surface area contributed by atoms with Gasteiger partial charge in [-0.2, -0.15) is 0 Å². The molecule has 0 aromatic heterocycles. The zero-order chi connectivity index (χ0) is 14.4. The minimum absolute atomic E-state index is 0.0265. The van der Waals surface area contributed by atoms with Crippen LogP contribution in [0.3, 0.4) is 0 Å². The van der Waals surface area contributed by atoms with E-state index in [2.05, 4.69) is 67.7 Å². The summed E-state index contributed by atoms with van der Waals surface area (Å²) >= 11 is 6.43. The van der Waals surface area contributed by atoms with Crippen molar-refractivity contribution in [3.8, 4) is 11.1 Å². The molecule has 1 N–H and O–H groups in total. The molecule has 0 amide bonds. The second-order valence-corrected chi connectivity index (χ2v) is 6.03. The lowest BCUT2D eigenvalue weighted by Gasteiger charge is -2.13. The van der Waals surface area contributed by atoms with Crippen LogP contribution in [0, 0.1) is 5.92 Å². The van der Waals surface area contributed by atoms with E-state index in [1.165, 1.54) is 16.7 Å². The molecule has 2 rings (SSSR count). The Morgan fingerprint density at radius 1 is 0.850 bits per heavy atom. The third-order valence-corrected chi connectivity index (χ3v) is 3.66. The molecule has 1 atom stereocenters. The monoisotopic (exact) mass is 287 g/mol. The van der Waals surface area contributed by atoms with E-state index < -0.39 is 0 Å². The van der Waals surface area contributed by atoms with Crippen LogP contribution in [0.2, 0.25) is 0 Å². The van der Waals surface area contributed by atoms with Crippen molar-refractivity contribution in [3.63, 3.8) is 0 Å². The van der Waals surface area contributed by atoms with Gasteiger partial charge in [0, 0.05) is 6.54 Å². The molecule has 2 heteroatoms. The summed E-state index contributed by atoms with van der Waals surface area (Å²) in [6.07, 6.45) is 0. The molecule has 0 aliphatic carbocycles. The highest BCUT2D eigenvalue weighted by Crippen LogP contribution is 2.24. The second kappa shape index (κ2) is 7.47. The van der Waals surface area contributed by atoms with Gasteiger partial charge in [0.15, 0.2) is 0 Å². The fourth-order valence-electron chi connectivity index (χ4n) is 2.13. The van der Waals surface area contributed by atoms with Gasteiger partial charge in [-0.25, -0.2) is 0 Å². The zero-order valence-electron chi connectivity index (χ0n) is 12.1. The molecule has 0 bridgehead atoms. The van der Waals surface area contributed by atoms with Gasteiger partial charge >= 0.3 is 0 Å². The van der Waals surface area contributed by atoms with Crippen LogP contribution in [-0.4, -0.2) is 13.1 Å². The van der Waals surface area contributed by atoms with Crippen LogP contribution in [0.1, 0.15) is 24.8 Å². The number of halogens is 1. The molecule has 2 aromatic carbocycles. The molecular formula is C18H22ClN. The summed E-state index contributed by atoms with van der Waals surface area (Å²) < 4.78 is 0. The van der Waals surface area contributed by atoms with E-state index in [4.69, 9.17) is 11.6 Å². The van der Waals surface area contributed by atoms with Gasteiger partial charge in [-0.05, 0) is 29.2 Å². The van der Waals surface area contributed by atoms with Crippen LogP contribution < -0.4 is 5.32 Å². The summed E-state index contributed by atoms with van der Waals surface area (Å²) in [5.74, 6) is 0.652. The van der Waals surface area contributed by atoms with Gasteiger partial charge in [0.05, 0.1) is 5.38 Å². The van der Waals surface area contributed by atoms with Gasteiger partial charge < -0.3 is 5.32 Å². The molecule has 106 valence electrons. The Kier molecular flexibility index (Phi) is 5.63. The molecular weight excluding hydrogens is 266 g/mol. The summed E-state index contributed by atoms with van der Waals surface area (Å²) in [7, 11) is 0. The quantitative estimate of drug-likeness (QED) is 0.747. The van der Waals surface area contributed by atoms with E-state index in [0.29, 0.717) is 5.92 Å². The van der Waals surface area contributed by atoms with Crippen LogP contribution in [-0.2, 0) is 0 Å². The fourth-order valence-corrected chi connectivity index (χ4v) is 2.39. The summed E-state index contributed by atoms with van der Waals surface area (Å²) in [5, 5.41) is 3.42. The third-order valence-electron chi connectivity index (χ3n) is 3.26. The molecule has 0 saturated carbocycles. The SMILES string of the molecule is CC(C)CNCC(Cl)c1ccc(-c2ccccc2)cc1. The highest BCUT2D eigenvalue weighted by Gasteiger charge is 2.08. The zero-order valence-corrected chi connectivity index (χ0v) is 12.9. The van der Waals surface area contributed by atoms with Crippen molar-refractivity contribution in [2.24, 2.45) is 5.92 Å². The van der Waals surface area contributed by atoms with Gasteiger partial charge in [-0.1, -0.05) is 68.4 Å². The van der Waals surface area contributed by atoms with E-state index in [9.17, 15) is 0 Å². The first kappa shape index (κ1) is 15.1. The highest BCUT2D eigenvalue weighted by molar-refractivity contribution is 6.21. The van der Waals surface area contributed by atoms with E-state index in [1.54, 1.807) is 0 Å². The maximum absolute atomic E-state index is 6.43. The number of hydrogen-bond donors (Lipinski definition) is 1. The topological polar surface area (TPSA) is 12.0 Å². The predicted molar refractivity (Wildman–Crippen MR) is 88.2 cm³/mol. The Morgan fingerprint density at radius 3 is 2.05 bits per heavy atom. The van der Waals surface area contributed by atoms with Crippen LogP contribution in [0.25, 0.3) is 11.1 Å². The van der Waals surface area contributed by atoms with E-state index >= 15 is 0 Å². The molecule has 2 aromatic rings. The molecule has 0 aliphatic rings. The van der Waals surface area contributed by atoms with Gasteiger partial charge in [0.2, 0.25) is 0 Å². The third kappa shape index (κ3) is 4.36. The number of benzene rings is 2. The number of rotatable bonds is 6. The first-order valence-corrected chi connectivity index (χ1v) is 7.60. The maximum atomic E-state index is 6.43. The molecule has 0 spiro atoms. The van der Waals surface area contributed by atoms with Crippen LogP contribution in [0.5, 0.6) is 0 Å². The molecule has 0 heterocycles. The number of alkyl halides is 1. The number of hydrogen-bond acceptors (Lipinski definition) is 1. The van der Waals surface area contributed by atoms with E-state index in [1.807, 2.05) is 6.07 Å². The molecule has 1 unspecified atom stereocenters. The largest absolute Gasteiger partial charge is 0.315 e. The Labute approximate surface area is 127 Å². The van der Waals surface area contributed by atoms with Crippen molar-refractivity contribution < 1.29 is 0 Å². The van der Waals surface area contributed by atoms with Crippen LogP contribution in [0.4, 0.5) is 0 Å². The maximum Gasteiger partial charge on any atom is 0.0709 e. The van der Waals surface area contributed by atoms with Gasteiger partial charge in [0.1, 0.15) is 0 Å². The summed E-state index contributed by atoms with van der Waals surface area (Å²) in [4.78, 5) is 0. The van der Waals surface area contributed by atoms with Gasteiger partial charge in [0.25, 0.3) is 0 Å². The van der Waals surface area contributed by atoms with Crippen LogP contribution >= 0.6 is 11.6 Å². The lowest BCUT2D eigenvalue weighted by atomic mass is 10.0. The predicted octanol–water partition coefficient (Wildman–Crippen LogP) is 4.88. The first-order valence-electron chi connectivity index (χ1n) is 7.17. The average molecular weight is 288 g/mol.